The minimum Gasteiger partial charge on any atom is -0.353 e. The zero-order valence-electron chi connectivity index (χ0n) is 16.2. The van der Waals surface area contributed by atoms with Crippen molar-refractivity contribution in [2.24, 2.45) is 0 Å². The Bertz CT molecular complexity index is 885. The van der Waals surface area contributed by atoms with E-state index >= 15 is 0 Å². The summed E-state index contributed by atoms with van der Waals surface area (Å²) in [6.45, 7) is 2.67. The average Bonchev–Trinajstić information content (AvgIpc) is 3.38. The van der Waals surface area contributed by atoms with Gasteiger partial charge in [0.25, 0.3) is 5.91 Å². The number of likely N-dealkylation sites (tertiary alicyclic amines) is 1. The predicted octanol–water partition coefficient (Wildman–Crippen LogP) is 2.28. The van der Waals surface area contributed by atoms with Crippen LogP contribution in [0.4, 0.5) is 4.39 Å². The number of aryl methyl sites for hydroxylation is 1. The molecular weight excluding hydrogens is 393 g/mol. The van der Waals surface area contributed by atoms with Crippen molar-refractivity contribution >= 4 is 29.1 Å². The van der Waals surface area contributed by atoms with Gasteiger partial charge in [-0.25, -0.2) is 4.39 Å². The van der Waals surface area contributed by atoms with Crippen molar-refractivity contribution in [3.05, 3.63) is 57.5 Å². The highest BCUT2D eigenvalue weighted by Gasteiger charge is 2.33. The van der Waals surface area contributed by atoms with E-state index < -0.39 is 17.8 Å². The fourth-order valence-corrected chi connectivity index (χ4v) is 4.01. The van der Waals surface area contributed by atoms with Gasteiger partial charge in [-0.05, 0) is 48.9 Å². The molecule has 1 atom stereocenters. The Morgan fingerprint density at radius 3 is 2.72 bits per heavy atom. The largest absolute Gasteiger partial charge is 0.353 e. The second-order valence-corrected chi connectivity index (χ2v) is 8.04. The van der Waals surface area contributed by atoms with E-state index in [2.05, 4.69) is 10.6 Å². The van der Waals surface area contributed by atoms with Crippen LogP contribution in [0.25, 0.3) is 0 Å². The van der Waals surface area contributed by atoms with Crippen LogP contribution in [0.2, 0.25) is 0 Å². The number of benzene rings is 1. The summed E-state index contributed by atoms with van der Waals surface area (Å²) in [7, 11) is 0. The van der Waals surface area contributed by atoms with Crippen LogP contribution in [-0.4, -0.2) is 48.3 Å². The van der Waals surface area contributed by atoms with Gasteiger partial charge in [0.15, 0.2) is 0 Å². The van der Waals surface area contributed by atoms with Gasteiger partial charge >= 0.3 is 0 Å². The predicted molar refractivity (Wildman–Crippen MR) is 109 cm³/mol. The molecule has 0 aliphatic carbocycles. The highest BCUT2D eigenvalue weighted by molar-refractivity contribution is 7.10. The molecule has 6 nitrogen and oxygen atoms in total. The molecule has 2 N–H and O–H groups in total. The lowest BCUT2D eigenvalue weighted by molar-refractivity contribution is -0.137. The van der Waals surface area contributed by atoms with Crippen LogP contribution in [0.1, 0.15) is 33.6 Å². The maximum atomic E-state index is 13.6. The second-order valence-electron chi connectivity index (χ2n) is 7.01. The molecule has 0 bridgehead atoms. The lowest BCUT2D eigenvalue weighted by Crippen LogP contribution is -2.47. The third kappa shape index (κ3) is 5.41. The number of amides is 3. The van der Waals surface area contributed by atoms with Crippen molar-refractivity contribution in [3.8, 4) is 0 Å². The Labute approximate surface area is 173 Å². The molecule has 3 rings (SSSR count). The maximum Gasteiger partial charge on any atom is 0.251 e. The van der Waals surface area contributed by atoms with Crippen LogP contribution in [0.15, 0.2) is 35.7 Å². The minimum atomic E-state index is -0.468. The molecule has 1 aliphatic heterocycles. The van der Waals surface area contributed by atoms with Crippen molar-refractivity contribution in [3.63, 3.8) is 0 Å². The molecule has 1 fully saturated rings. The van der Waals surface area contributed by atoms with Crippen LogP contribution in [-0.2, 0) is 16.0 Å². The molecule has 3 amide bonds. The first-order valence-corrected chi connectivity index (χ1v) is 10.5. The molecule has 1 unspecified atom stereocenters. The number of hydrogen-bond donors (Lipinski definition) is 2. The Morgan fingerprint density at radius 2 is 2.00 bits per heavy atom. The van der Waals surface area contributed by atoms with E-state index in [9.17, 15) is 18.8 Å². The van der Waals surface area contributed by atoms with Gasteiger partial charge in [0, 0.05) is 30.1 Å². The molecular formula is C21H24FN3O3S. The summed E-state index contributed by atoms with van der Waals surface area (Å²) < 4.78 is 13.6. The summed E-state index contributed by atoms with van der Waals surface area (Å²) in [6.07, 6.45) is 1.74. The first-order valence-electron chi connectivity index (χ1n) is 9.59. The summed E-state index contributed by atoms with van der Waals surface area (Å²) in [5.41, 5.74) is 0.712. The Kier molecular flexibility index (Phi) is 6.98. The van der Waals surface area contributed by atoms with Gasteiger partial charge in [-0.2, -0.15) is 0 Å². The molecule has 0 saturated carbocycles. The number of carbonyl (C=O) groups is 3. The summed E-state index contributed by atoms with van der Waals surface area (Å²) in [6, 6.07) is 7.65. The van der Waals surface area contributed by atoms with E-state index in [-0.39, 0.29) is 30.5 Å². The molecule has 1 saturated heterocycles. The zero-order valence-corrected chi connectivity index (χ0v) is 17.1. The van der Waals surface area contributed by atoms with Gasteiger partial charge in [0.1, 0.15) is 11.9 Å². The lowest BCUT2D eigenvalue weighted by Gasteiger charge is -2.24. The van der Waals surface area contributed by atoms with Crippen LogP contribution in [0, 0.1) is 12.7 Å². The molecule has 29 heavy (non-hydrogen) atoms. The van der Waals surface area contributed by atoms with Gasteiger partial charge < -0.3 is 15.5 Å². The number of nitrogens with one attached hydrogen (secondary N) is 2. The maximum absolute atomic E-state index is 13.6. The highest BCUT2D eigenvalue weighted by Crippen LogP contribution is 2.20. The number of rotatable bonds is 7. The molecule has 154 valence electrons. The van der Waals surface area contributed by atoms with Crippen LogP contribution < -0.4 is 10.6 Å². The third-order valence-electron chi connectivity index (χ3n) is 4.93. The molecule has 1 aromatic carbocycles. The van der Waals surface area contributed by atoms with E-state index in [0.29, 0.717) is 24.9 Å². The SMILES string of the molecule is Cc1ccc(C(=O)NCCNC(=O)C2CCCN2C(=O)Cc2cccs2)cc1F. The quantitative estimate of drug-likeness (QED) is 0.679. The minimum absolute atomic E-state index is 0.0419. The van der Waals surface area contributed by atoms with Crippen molar-refractivity contribution in [2.45, 2.75) is 32.2 Å². The smallest absolute Gasteiger partial charge is 0.251 e. The first kappa shape index (κ1) is 21.0. The Morgan fingerprint density at radius 1 is 1.21 bits per heavy atom. The summed E-state index contributed by atoms with van der Waals surface area (Å²) in [4.78, 5) is 39.7. The van der Waals surface area contributed by atoms with Crippen molar-refractivity contribution < 1.29 is 18.8 Å². The van der Waals surface area contributed by atoms with Crippen LogP contribution in [0.5, 0.6) is 0 Å². The molecule has 2 aromatic rings. The number of nitrogens with zero attached hydrogens (tertiary/aromatic N) is 1. The fraction of sp³-hybridized carbons (Fsp3) is 0.381. The Balaban J connectivity index is 1.44. The van der Waals surface area contributed by atoms with E-state index in [1.165, 1.54) is 17.4 Å². The van der Waals surface area contributed by atoms with Gasteiger partial charge in [-0.3, -0.25) is 14.4 Å². The molecule has 2 heterocycles. The first-order chi connectivity index (χ1) is 14.0. The Hall–Kier alpha value is -2.74. The lowest BCUT2D eigenvalue weighted by atomic mass is 10.1. The monoisotopic (exact) mass is 417 g/mol. The number of thiophene rings is 1. The van der Waals surface area contributed by atoms with Crippen molar-refractivity contribution in [1.82, 2.24) is 15.5 Å². The third-order valence-corrected chi connectivity index (χ3v) is 5.80. The van der Waals surface area contributed by atoms with E-state index in [1.807, 2.05) is 17.5 Å². The molecule has 0 radical (unpaired) electrons. The number of hydrogen-bond acceptors (Lipinski definition) is 4. The summed E-state index contributed by atoms with van der Waals surface area (Å²) in [5, 5.41) is 7.36. The molecule has 1 aliphatic rings. The van der Waals surface area contributed by atoms with Gasteiger partial charge in [0.2, 0.25) is 11.8 Å². The van der Waals surface area contributed by atoms with Crippen LogP contribution >= 0.6 is 11.3 Å². The van der Waals surface area contributed by atoms with E-state index in [1.54, 1.807) is 24.0 Å². The topological polar surface area (TPSA) is 78.5 Å². The number of halogens is 1. The average molecular weight is 418 g/mol. The molecule has 1 aromatic heterocycles. The van der Waals surface area contributed by atoms with Crippen molar-refractivity contribution in [2.75, 3.05) is 19.6 Å². The normalized spacial score (nSPS) is 15.9. The highest BCUT2D eigenvalue weighted by atomic mass is 32.1. The standard InChI is InChI=1S/C21H24FN3O3S/c1-14-6-7-15(12-17(14)22)20(27)23-8-9-24-21(28)18-5-2-10-25(18)19(26)13-16-4-3-11-29-16/h3-4,6-7,11-12,18H,2,5,8-10,13H2,1H3,(H,23,27)(H,24,28). The molecule has 0 spiro atoms. The van der Waals surface area contributed by atoms with Crippen LogP contribution in [0.3, 0.4) is 0 Å². The summed E-state index contributed by atoms with van der Waals surface area (Å²) >= 11 is 1.53. The fourth-order valence-electron chi connectivity index (χ4n) is 3.32. The van der Waals surface area contributed by atoms with E-state index in [4.69, 9.17) is 0 Å². The number of carbonyl (C=O) groups excluding carboxylic acids is 3. The zero-order chi connectivity index (χ0) is 20.8. The second kappa shape index (κ2) is 9.65. The van der Waals surface area contributed by atoms with Crippen molar-refractivity contribution in [1.29, 1.82) is 0 Å². The van der Waals surface area contributed by atoms with E-state index in [0.717, 1.165) is 11.3 Å². The summed E-state index contributed by atoms with van der Waals surface area (Å²) in [5.74, 6) is -1.08. The van der Waals surface area contributed by atoms with Gasteiger partial charge in [0.05, 0.1) is 6.42 Å². The van der Waals surface area contributed by atoms with Gasteiger partial charge in [-0.1, -0.05) is 12.1 Å². The van der Waals surface area contributed by atoms with Gasteiger partial charge in [-0.15, -0.1) is 11.3 Å². The molecule has 8 heteroatoms.